The number of carbonyl (C=O) groups is 4. The number of phenols is 1. The molecular weight excluding hydrogens is 494 g/mol. The zero-order valence-corrected chi connectivity index (χ0v) is 22.1. The van der Waals surface area contributed by atoms with Crippen LogP contribution >= 0.6 is 0 Å². The maximum Gasteiger partial charge on any atom is 0.238 e. The molecule has 1 N–H and O–H groups in total. The lowest BCUT2D eigenvalue weighted by Crippen LogP contribution is -2.39. The van der Waals surface area contributed by atoms with E-state index < -0.39 is 23.7 Å². The van der Waals surface area contributed by atoms with Crippen LogP contribution in [0.5, 0.6) is 11.5 Å². The van der Waals surface area contributed by atoms with Crippen molar-refractivity contribution in [3.8, 4) is 11.5 Å². The van der Waals surface area contributed by atoms with Crippen LogP contribution in [0.3, 0.4) is 0 Å². The van der Waals surface area contributed by atoms with Crippen molar-refractivity contribution in [1.82, 2.24) is 0 Å². The number of methoxy groups -OCH3 is 1. The molecule has 2 amide bonds. The zero-order chi connectivity index (χ0) is 27.6. The van der Waals surface area contributed by atoms with Crippen molar-refractivity contribution >= 4 is 29.1 Å². The van der Waals surface area contributed by atoms with Gasteiger partial charge in [-0.3, -0.25) is 24.1 Å². The first-order chi connectivity index (χ1) is 18.7. The summed E-state index contributed by atoms with van der Waals surface area (Å²) >= 11 is 0. The molecule has 1 saturated heterocycles. The summed E-state index contributed by atoms with van der Waals surface area (Å²) in [5.41, 5.74) is 4.40. The van der Waals surface area contributed by atoms with Crippen LogP contribution in [0.4, 0.5) is 5.69 Å². The molecule has 0 bridgehead atoms. The molecule has 198 valence electrons. The summed E-state index contributed by atoms with van der Waals surface area (Å²) in [6.45, 7) is 3.68. The third-order valence-corrected chi connectivity index (χ3v) is 8.70. The van der Waals surface area contributed by atoms with E-state index in [1.54, 1.807) is 19.1 Å². The van der Waals surface area contributed by atoms with Crippen molar-refractivity contribution < 1.29 is 29.0 Å². The van der Waals surface area contributed by atoms with E-state index in [9.17, 15) is 24.3 Å². The Balaban J connectivity index is 1.47. The number of anilines is 1. The number of fused-ring (bicyclic) bond motifs is 3. The Morgan fingerprint density at radius 2 is 1.74 bits per heavy atom. The van der Waals surface area contributed by atoms with Gasteiger partial charge in [-0.1, -0.05) is 36.8 Å². The third-order valence-electron chi connectivity index (χ3n) is 8.70. The van der Waals surface area contributed by atoms with Gasteiger partial charge in [0.1, 0.15) is 0 Å². The van der Waals surface area contributed by atoms with Crippen LogP contribution in [0.15, 0.2) is 76.9 Å². The quantitative estimate of drug-likeness (QED) is 0.357. The van der Waals surface area contributed by atoms with Gasteiger partial charge < -0.3 is 9.84 Å². The van der Waals surface area contributed by atoms with Crippen molar-refractivity contribution in [2.45, 2.75) is 39.0 Å². The molecule has 0 saturated carbocycles. The Morgan fingerprint density at radius 1 is 1.00 bits per heavy atom. The fourth-order valence-electron chi connectivity index (χ4n) is 6.75. The summed E-state index contributed by atoms with van der Waals surface area (Å²) in [6, 6.07) is 12.4. The van der Waals surface area contributed by atoms with Crippen LogP contribution in [0.25, 0.3) is 0 Å². The number of nitrogens with zero attached hydrogens (tertiary/aromatic N) is 1. The first-order valence-corrected chi connectivity index (χ1v) is 13.3. The topological polar surface area (TPSA) is 101 Å². The average molecular weight is 524 g/mol. The van der Waals surface area contributed by atoms with Crippen LogP contribution in [-0.4, -0.2) is 35.6 Å². The maximum absolute atomic E-state index is 14.0. The van der Waals surface area contributed by atoms with E-state index in [0.29, 0.717) is 34.4 Å². The number of hydrogen-bond donors (Lipinski definition) is 1. The van der Waals surface area contributed by atoms with Crippen LogP contribution < -0.4 is 9.64 Å². The summed E-state index contributed by atoms with van der Waals surface area (Å²) < 4.78 is 5.34. The van der Waals surface area contributed by atoms with Crippen LogP contribution in [-0.2, 0) is 25.6 Å². The minimum absolute atomic E-state index is 0.0380. The standard InChI is InChI=1S/C32H29NO6/c1-4-17-5-8-19(9-6-17)33-31(37)21-11-10-20-22(28(21)32(33)38)15-23-25(35)13-16(2)30(36)29(23)27(20)18-7-12-24(34)26(14-18)39-3/h5-10,12-14,21-22,27-28,34H,4,11,15H2,1-3H3/t21-,22+,27-,28-/m0/s1. The average Bonchev–Trinajstić information content (AvgIpc) is 3.20. The maximum atomic E-state index is 14.0. The van der Waals surface area contributed by atoms with Gasteiger partial charge in [-0.25, -0.2) is 0 Å². The van der Waals surface area contributed by atoms with Gasteiger partial charge in [-0.2, -0.15) is 0 Å². The molecule has 1 fully saturated rings. The van der Waals surface area contributed by atoms with Crippen molar-refractivity contribution in [3.63, 3.8) is 0 Å². The largest absolute Gasteiger partial charge is 0.504 e. The Bertz CT molecular complexity index is 1540. The number of phenolic OH excluding ortho intramolecular Hbond substituents is 1. The van der Waals surface area contributed by atoms with Gasteiger partial charge in [0.05, 0.1) is 24.6 Å². The lowest BCUT2D eigenvalue weighted by Gasteiger charge is -2.42. The number of ether oxygens (including phenoxy) is 1. The van der Waals surface area contributed by atoms with Gasteiger partial charge >= 0.3 is 0 Å². The molecule has 1 heterocycles. The molecule has 0 aromatic heterocycles. The minimum Gasteiger partial charge on any atom is -0.504 e. The predicted molar refractivity (Wildman–Crippen MR) is 144 cm³/mol. The Labute approximate surface area is 226 Å². The number of carbonyl (C=O) groups excluding carboxylic acids is 4. The van der Waals surface area contributed by atoms with Crippen molar-refractivity contribution in [2.24, 2.45) is 17.8 Å². The molecule has 2 aromatic rings. The number of imide groups is 1. The Morgan fingerprint density at radius 3 is 2.44 bits per heavy atom. The second kappa shape index (κ2) is 9.19. The number of rotatable bonds is 4. The molecule has 0 unspecified atom stereocenters. The van der Waals surface area contributed by atoms with E-state index in [1.165, 1.54) is 24.2 Å². The molecule has 2 aromatic carbocycles. The number of aromatic hydroxyl groups is 1. The van der Waals surface area contributed by atoms with Gasteiger partial charge in [0, 0.05) is 22.6 Å². The highest BCUT2D eigenvalue weighted by Crippen LogP contribution is 2.55. The minimum atomic E-state index is -0.631. The van der Waals surface area contributed by atoms with Gasteiger partial charge in [0.15, 0.2) is 23.1 Å². The fraction of sp³-hybridized carbons (Fsp3) is 0.312. The molecule has 0 radical (unpaired) electrons. The number of hydrogen-bond acceptors (Lipinski definition) is 6. The number of allylic oxidation sites excluding steroid dienone is 6. The van der Waals surface area contributed by atoms with E-state index in [4.69, 9.17) is 4.74 Å². The lowest BCUT2D eigenvalue weighted by molar-refractivity contribution is -0.123. The number of amides is 2. The van der Waals surface area contributed by atoms with Crippen molar-refractivity contribution in [3.05, 3.63) is 88.0 Å². The number of ketones is 2. The highest BCUT2D eigenvalue weighted by molar-refractivity contribution is 6.25. The van der Waals surface area contributed by atoms with E-state index in [0.717, 1.165) is 17.6 Å². The summed E-state index contributed by atoms with van der Waals surface area (Å²) in [5, 5.41) is 10.2. The van der Waals surface area contributed by atoms with E-state index >= 15 is 0 Å². The lowest BCUT2D eigenvalue weighted by atomic mass is 9.59. The van der Waals surface area contributed by atoms with Crippen molar-refractivity contribution in [2.75, 3.05) is 12.0 Å². The highest BCUT2D eigenvalue weighted by atomic mass is 16.5. The molecule has 4 aliphatic rings. The second-order valence-corrected chi connectivity index (χ2v) is 10.7. The van der Waals surface area contributed by atoms with Crippen LogP contribution in [0.2, 0.25) is 0 Å². The monoisotopic (exact) mass is 523 g/mol. The smallest absolute Gasteiger partial charge is 0.238 e. The molecule has 39 heavy (non-hydrogen) atoms. The molecule has 7 nitrogen and oxygen atoms in total. The van der Waals surface area contributed by atoms with Gasteiger partial charge in [-0.15, -0.1) is 0 Å². The molecule has 1 aliphatic heterocycles. The third kappa shape index (κ3) is 3.71. The van der Waals surface area contributed by atoms with Crippen LogP contribution in [0.1, 0.15) is 43.7 Å². The molecule has 6 rings (SSSR count). The second-order valence-electron chi connectivity index (χ2n) is 10.7. The molecule has 3 aliphatic carbocycles. The summed E-state index contributed by atoms with van der Waals surface area (Å²) in [7, 11) is 1.45. The van der Waals surface area contributed by atoms with Gasteiger partial charge in [-0.05, 0) is 73.6 Å². The fourth-order valence-corrected chi connectivity index (χ4v) is 6.75. The molecular formula is C32H29NO6. The number of aryl methyl sites for hydroxylation is 1. The first-order valence-electron chi connectivity index (χ1n) is 13.3. The van der Waals surface area contributed by atoms with Gasteiger partial charge in [0.25, 0.3) is 0 Å². The molecule has 4 atom stereocenters. The normalized spacial score (nSPS) is 26.2. The first kappa shape index (κ1) is 25.0. The molecule has 7 heteroatoms. The van der Waals surface area contributed by atoms with E-state index in [-0.39, 0.29) is 41.3 Å². The summed E-state index contributed by atoms with van der Waals surface area (Å²) in [4.78, 5) is 55.6. The highest BCUT2D eigenvalue weighted by Gasteiger charge is 2.56. The zero-order valence-electron chi connectivity index (χ0n) is 22.1. The Kier molecular flexibility index (Phi) is 5.90. The summed E-state index contributed by atoms with van der Waals surface area (Å²) in [6.07, 6.45) is 4.80. The molecule has 0 spiro atoms. The van der Waals surface area contributed by atoms with Gasteiger partial charge in [0.2, 0.25) is 11.8 Å². The number of benzene rings is 2. The van der Waals surface area contributed by atoms with Crippen molar-refractivity contribution in [1.29, 1.82) is 0 Å². The van der Waals surface area contributed by atoms with E-state index in [1.807, 2.05) is 37.3 Å². The number of Topliss-reactive ketones (excluding diaryl/α,β-unsaturated/α-hetero) is 1. The Hall–Kier alpha value is -4.26. The van der Waals surface area contributed by atoms with Crippen LogP contribution in [0, 0.1) is 17.8 Å². The van der Waals surface area contributed by atoms with E-state index in [2.05, 4.69) is 0 Å². The SMILES string of the molecule is CCc1ccc(N2C(=O)[C@H]3[C@H](CC=C4[C@H](c5ccc(O)c(OC)c5)C5=C(C[C@H]43)C(=O)C=C(C)C5=O)C2=O)cc1. The summed E-state index contributed by atoms with van der Waals surface area (Å²) in [5.74, 6) is -2.87. The predicted octanol–water partition coefficient (Wildman–Crippen LogP) is 4.60.